The highest BCUT2D eigenvalue weighted by atomic mass is 79.9. The summed E-state index contributed by atoms with van der Waals surface area (Å²) in [5, 5.41) is 4.96. The van der Waals surface area contributed by atoms with E-state index in [9.17, 15) is 0 Å². The molecular weight excluding hydrogens is 913 g/mol. The fourth-order valence-corrected chi connectivity index (χ4v) is 12.0. The third kappa shape index (κ3) is 6.18. The van der Waals surface area contributed by atoms with Gasteiger partial charge in [-0.1, -0.05) is 198 Å². The minimum atomic E-state index is -0.457. The van der Waals surface area contributed by atoms with Gasteiger partial charge in [-0.25, -0.2) is 0 Å². The minimum Gasteiger partial charge on any atom is -0.309 e. The molecule has 0 saturated carbocycles. The number of fused-ring (bicyclic) bond motifs is 9. The summed E-state index contributed by atoms with van der Waals surface area (Å²) < 4.78 is 5.95. The summed E-state index contributed by atoms with van der Waals surface area (Å²) in [6.45, 7) is 0. The van der Waals surface area contributed by atoms with Gasteiger partial charge in [-0.15, -0.1) is 0 Å². The van der Waals surface area contributed by atoms with Crippen LogP contribution in [0, 0.1) is 0 Å². The van der Waals surface area contributed by atoms with Gasteiger partial charge in [0.1, 0.15) is 0 Å². The number of para-hydroxylation sites is 3. The fraction of sp³-hybridized carbons (Fsp3) is 0.0149. The second-order valence-corrected chi connectivity index (χ2v) is 19.5. The summed E-state index contributed by atoms with van der Waals surface area (Å²) in [4.78, 5) is 0. The average molecular weight is 956 g/mol. The van der Waals surface area contributed by atoms with Gasteiger partial charge in [0.15, 0.2) is 0 Å². The maximum Gasteiger partial charge on any atom is 0.0713 e. The Bertz CT molecular complexity index is 4130. The van der Waals surface area contributed by atoms with E-state index < -0.39 is 5.41 Å². The molecule has 0 N–H and O–H groups in total. The molecule has 0 saturated heterocycles. The number of hydrogen-bond donors (Lipinski definition) is 0. The predicted octanol–water partition coefficient (Wildman–Crippen LogP) is 18.0. The first-order valence-corrected chi connectivity index (χ1v) is 24.8. The van der Waals surface area contributed by atoms with Crippen LogP contribution in [0.2, 0.25) is 0 Å². The number of nitrogens with zero attached hydrogens (tertiary/aromatic N) is 2. The molecule has 2 heterocycles. The normalized spacial score (nSPS) is 12.8. The summed E-state index contributed by atoms with van der Waals surface area (Å²) >= 11 is 3.69. The summed E-state index contributed by atoms with van der Waals surface area (Å²) in [6.07, 6.45) is 0. The second-order valence-electron chi connectivity index (χ2n) is 18.6. The van der Waals surface area contributed by atoms with Crippen LogP contribution in [0.25, 0.3) is 99.5 Å². The van der Waals surface area contributed by atoms with E-state index in [-0.39, 0.29) is 0 Å². The van der Waals surface area contributed by atoms with E-state index in [4.69, 9.17) is 0 Å². The van der Waals surface area contributed by atoms with E-state index in [1.54, 1.807) is 0 Å². The van der Waals surface area contributed by atoms with Crippen LogP contribution < -0.4 is 0 Å². The van der Waals surface area contributed by atoms with Crippen molar-refractivity contribution >= 4 is 59.5 Å². The van der Waals surface area contributed by atoms with Gasteiger partial charge in [-0.2, -0.15) is 0 Å². The lowest BCUT2D eigenvalue weighted by molar-refractivity contribution is 0.768. The average Bonchev–Trinajstić information content (AvgIpc) is 4.05. The summed E-state index contributed by atoms with van der Waals surface area (Å²) in [5.74, 6) is 0. The van der Waals surface area contributed by atoms with Crippen molar-refractivity contribution in [1.82, 2.24) is 9.13 Å². The van der Waals surface area contributed by atoms with E-state index >= 15 is 0 Å². The van der Waals surface area contributed by atoms with Gasteiger partial charge in [0, 0.05) is 37.4 Å². The topological polar surface area (TPSA) is 9.86 Å². The van der Waals surface area contributed by atoms with Gasteiger partial charge in [0.05, 0.1) is 27.5 Å². The number of hydrogen-bond acceptors (Lipinski definition) is 0. The Kier molecular flexibility index (Phi) is 9.30. The van der Waals surface area contributed by atoms with Crippen molar-refractivity contribution in [2.45, 2.75) is 5.41 Å². The molecule has 13 aromatic rings. The SMILES string of the molecule is Brc1ccc(-c2cc(-c3ccc4c5ccccc5n(-c5ccccc5)c4c3)cc(-c3ccc4c5ccccc5n(-c5ccc6c(c5)-c5ccccc5C6(c5ccccc5)c5ccccc5)c4c3)c2)cc1. The minimum absolute atomic E-state index is 0.457. The Hall–Kier alpha value is -8.50. The van der Waals surface area contributed by atoms with Crippen LogP contribution >= 0.6 is 15.9 Å². The molecule has 11 aromatic carbocycles. The maximum atomic E-state index is 3.69. The van der Waals surface area contributed by atoms with Crippen LogP contribution in [-0.2, 0) is 5.41 Å². The zero-order valence-electron chi connectivity index (χ0n) is 38.1. The van der Waals surface area contributed by atoms with Crippen molar-refractivity contribution < 1.29 is 0 Å². The summed E-state index contributed by atoms with van der Waals surface area (Å²) in [6, 6.07) is 96.5. The Labute approximate surface area is 415 Å². The van der Waals surface area contributed by atoms with Crippen LogP contribution in [0.1, 0.15) is 22.3 Å². The van der Waals surface area contributed by atoms with Crippen LogP contribution in [0.5, 0.6) is 0 Å². The second kappa shape index (κ2) is 16.1. The number of benzene rings is 11. The van der Waals surface area contributed by atoms with Crippen molar-refractivity contribution in [2.24, 2.45) is 0 Å². The summed E-state index contributed by atoms with van der Waals surface area (Å²) in [5.41, 5.74) is 21.3. The lowest BCUT2D eigenvalue weighted by atomic mass is 9.68. The Morgan fingerprint density at radius 2 is 0.714 bits per heavy atom. The first-order chi connectivity index (χ1) is 34.6. The molecule has 0 spiro atoms. The van der Waals surface area contributed by atoms with Crippen LogP contribution in [0.15, 0.2) is 265 Å². The first kappa shape index (κ1) is 40.6. The van der Waals surface area contributed by atoms with E-state index in [1.165, 1.54) is 99.2 Å². The Morgan fingerprint density at radius 3 is 1.30 bits per heavy atom. The highest BCUT2D eigenvalue weighted by Crippen LogP contribution is 2.56. The molecule has 2 aromatic heterocycles. The van der Waals surface area contributed by atoms with Gasteiger partial charge in [0.25, 0.3) is 0 Å². The first-order valence-electron chi connectivity index (χ1n) is 24.0. The molecule has 0 bridgehead atoms. The zero-order valence-corrected chi connectivity index (χ0v) is 39.7. The third-order valence-electron chi connectivity index (χ3n) is 14.8. The van der Waals surface area contributed by atoms with E-state index in [0.717, 1.165) is 27.0 Å². The monoisotopic (exact) mass is 954 g/mol. The van der Waals surface area contributed by atoms with Crippen molar-refractivity contribution in [3.05, 3.63) is 288 Å². The van der Waals surface area contributed by atoms with Crippen LogP contribution in [0.3, 0.4) is 0 Å². The van der Waals surface area contributed by atoms with Gasteiger partial charge in [0.2, 0.25) is 0 Å². The van der Waals surface area contributed by atoms with Crippen LogP contribution in [-0.4, -0.2) is 9.13 Å². The zero-order chi connectivity index (χ0) is 46.3. The number of halogens is 1. The largest absolute Gasteiger partial charge is 0.309 e. The van der Waals surface area contributed by atoms with E-state index in [2.05, 4.69) is 286 Å². The summed E-state index contributed by atoms with van der Waals surface area (Å²) in [7, 11) is 0. The molecule has 0 radical (unpaired) electrons. The maximum absolute atomic E-state index is 3.69. The van der Waals surface area contributed by atoms with Crippen molar-refractivity contribution in [2.75, 3.05) is 0 Å². The molecule has 2 nitrogen and oxygen atoms in total. The van der Waals surface area contributed by atoms with Crippen molar-refractivity contribution in [3.63, 3.8) is 0 Å². The Morgan fingerprint density at radius 1 is 0.271 bits per heavy atom. The number of aromatic nitrogens is 2. The molecule has 0 unspecified atom stereocenters. The van der Waals surface area contributed by atoms with Crippen molar-refractivity contribution in [1.29, 1.82) is 0 Å². The van der Waals surface area contributed by atoms with Gasteiger partial charge in [-0.3, -0.25) is 0 Å². The van der Waals surface area contributed by atoms with Crippen LogP contribution in [0.4, 0.5) is 0 Å². The molecule has 0 fully saturated rings. The highest BCUT2D eigenvalue weighted by molar-refractivity contribution is 9.10. The molecule has 0 aliphatic heterocycles. The molecule has 14 rings (SSSR count). The standard InChI is InChI=1S/C67H43BrN2/c68-52-32-28-44(29-33-52)47-38-48(45-30-35-58-56-23-11-14-26-63(56)69(65(58)41-45)53-20-8-3-9-21-53)40-49(39-47)46-31-36-59-57-24-12-15-27-64(57)70(66(59)42-46)54-34-37-62-60(43-54)55-22-10-13-25-61(55)67(62,50-16-4-1-5-17-50)51-18-6-2-7-19-51/h1-43H. The van der Waals surface area contributed by atoms with E-state index in [0.29, 0.717) is 0 Å². The Balaban J connectivity index is 0.972. The molecule has 1 aliphatic carbocycles. The van der Waals surface area contributed by atoms with Gasteiger partial charge >= 0.3 is 0 Å². The molecule has 0 amide bonds. The van der Waals surface area contributed by atoms with Gasteiger partial charge in [-0.05, 0) is 146 Å². The number of rotatable bonds is 7. The van der Waals surface area contributed by atoms with Gasteiger partial charge < -0.3 is 9.13 Å². The highest BCUT2D eigenvalue weighted by Gasteiger charge is 2.46. The fourth-order valence-electron chi connectivity index (χ4n) is 11.8. The molecular formula is C67H43BrN2. The smallest absolute Gasteiger partial charge is 0.0713 e. The molecule has 1 aliphatic rings. The molecule has 0 atom stereocenters. The predicted molar refractivity (Wildman–Crippen MR) is 296 cm³/mol. The quantitative estimate of drug-likeness (QED) is 0.151. The van der Waals surface area contributed by atoms with E-state index in [1.807, 2.05) is 0 Å². The lowest BCUT2D eigenvalue weighted by Crippen LogP contribution is -2.28. The molecule has 328 valence electrons. The molecule has 3 heteroatoms. The lowest BCUT2D eigenvalue weighted by Gasteiger charge is -2.33. The van der Waals surface area contributed by atoms with Crippen molar-refractivity contribution in [3.8, 4) is 55.9 Å². The third-order valence-corrected chi connectivity index (χ3v) is 15.4. The molecule has 70 heavy (non-hydrogen) atoms.